The van der Waals surface area contributed by atoms with Crippen molar-refractivity contribution >= 4 is 11.9 Å². The minimum atomic E-state index is -5.20. The minimum absolute atomic E-state index is 0.0213. The number of esters is 1. The number of aromatic nitrogens is 2. The first-order valence-corrected chi connectivity index (χ1v) is 10.9. The van der Waals surface area contributed by atoms with Crippen LogP contribution in [0.5, 0.6) is 0 Å². The monoisotopic (exact) mass is 512 g/mol. The normalized spacial score (nSPS) is 19.5. The van der Waals surface area contributed by atoms with Gasteiger partial charge in [-0.1, -0.05) is 12.8 Å². The van der Waals surface area contributed by atoms with Crippen molar-refractivity contribution in [2.75, 3.05) is 13.2 Å². The Kier molecular flexibility index (Phi) is 8.54. The van der Waals surface area contributed by atoms with Crippen molar-refractivity contribution in [3.8, 4) is 11.8 Å². The van der Waals surface area contributed by atoms with Crippen LogP contribution in [0.1, 0.15) is 48.5 Å². The molecule has 0 amide bonds. The zero-order valence-electron chi connectivity index (χ0n) is 19.4. The molecule has 1 fully saturated rings. The third-order valence-corrected chi connectivity index (χ3v) is 5.19. The summed E-state index contributed by atoms with van der Waals surface area (Å²) in [6, 6.07) is 2.69. The van der Waals surface area contributed by atoms with Crippen LogP contribution in [0.3, 0.4) is 0 Å². The van der Waals surface area contributed by atoms with Crippen LogP contribution >= 0.6 is 0 Å². The first-order chi connectivity index (χ1) is 17.0. The number of hydrogen-bond acceptors (Lipinski definition) is 8. The predicted octanol–water partition coefficient (Wildman–Crippen LogP) is 2.18. The lowest BCUT2D eigenvalue weighted by Crippen LogP contribution is -2.45. The van der Waals surface area contributed by atoms with E-state index in [2.05, 4.69) is 16.6 Å². The lowest BCUT2D eigenvalue weighted by molar-refractivity contribution is -0.204. The third kappa shape index (κ3) is 6.13. The molecule has 0 radical (unpaired) electrons. The number of rotatable bonds is 7. The van der Waals surface area contributed by atoms with Gasteiger partial charge in [0, 0.05) is 24.6 Å². The molecular weight excluding hydrogens is 489 g/mol. The molecule has 0 spiro atoms. The molecule has 2 aromatic rings. The van der Waals surface area contributed by atoms with Crippen molar-refractivity contribution in [2.45, 2.75) is 57.7 Å². The highest BCUT2D eigenvalue weighted by Crippen LogP contribution is 2.31. The molecule has 1 aliphatic rings. The van der Waals surface area contributed by atoms with Gasteiger partial charge in [-0.25, -0.2) is 9.59 Å². The molecule has 3 atom stereocenters. The summed E-state index contributed by atoms with van der Waals surface area (Å²) in [5, 5.41) is 0. The molecule has 2 aromatic heterocycles. The van der Waals surface area contributed by atoms with E-state index in [1.165, 1.54) is 31.5 Å². The maximum atomic E-state index is 13.1. The molecule has 36 heavy (non-hydrogen) atoms. The van der Waals surface area contributed by atoms with Gasteiger partial charge >= 0.3 is 23.7 Å². The highest BCUT2D eigenvalue weighted by molar-refractivity contribution is 5.93. The molecule has 10 nitrogen and oxygen atoms in total. The van der Waals surface area contributed by atoms with E-state index in [1.54, 1.807) is 0 Å². The molecule has 0 bridgehead atoms. The standard InChI is InChI=1S/C23H23F3N2O8/c1-3-4-5-6-9-34-16-11-18(36-17(16)13-35-21(31)23(24,25)26)27-12-14(2)19(29)28(22(27)32)20(30)15-8-7-10-33-15/h7-8,10,12,16-18H,3-4,9,11,13H2,1-2H3/t16-,17+,18+/m0/s1. The van der Waals surface area contributed by atoms with Gasteiger partial charge < -0.3 is 18.6 Å². The van der Waals surface area contributed by atoms with Gasteiger partial charge in [0.2, 0.25) is 0 Å². The zero-order chi connectivity index (χ0) is 26.5. The molecular formula is C23H23F3N2O8. The van der Waals surface area contributed by atoms with Gasteiger partial charge in [0.15, 0.2) is 5.76 Å². The summed E-state index contributed by atoms with van der Waals surface area (Å²) >= 11 is 0. The number of ether oxygens (including phenoxy) is 3. The molecule has 0 aliphatic carbocycles. The first kappa shape index (κ1) is 27.0. The Balaban J connectivity index is 1.88. The molecule has 1 aliphatic heterocycles. The molecule has 1 saturated heterocycles. The number of carbonyl (C=O) groups excluding carboxylic acids is 2. The van der Waals surface area contributed by atoms with E-state index < -0.39 is 54.3 Å². The maximum absolute atomic E-state index is 13.1. The van der Waals surface area contributed by atoms with Crippen LogP contribution in [-0.4, -0.2) is 52.6 Å². The summed E-state index contributed by atoms with van der Waals surface area (Å²) in [4.78, 5) is 49.5. The van der Waals surface area contributed by atoms with Gasteiger partial charge in [-0.15, -0.1) is 5.92 Å². The van der Waals surface area contributed by atoms with Gasteiger partial charge in [-0.2, -0.15) is 17.7 Å². The van der Waals surface area contributed by atoms with Crippen LogP contribution in [0.2, 0.25) is 0 Å². The molecule has 0 unspecified atom stereocenters. The van der Waals surface area contributed by atoms with Gasteiger partial charge in [0.25, 0.3) is 5.56 Å². The van der Waals surface area contributed by atoms with Crippen LogP contribution < -0.4 is 11.2 Å². The summed E-state index contributed by atoms with van der Waals surface area (Å²) < 4.78 is 59.7. The number of halogens is 3. The van der Waals surface area contributed by atoms with Crippen molar-refractivity contribution in [3.05, 3.63) is 56.8 Å². The van der Waals surface area contributed by atoms with E-state index in [4.69, 9.17) is 13.9 Å². The molecule has 13 heteroatoms. The van der Waals surface area contributed by atoms with Crippen molar-refractivity contribution in [3.63, 3.8) is 0 Å². The summed E-state index contributed by atoms with van der Waals surface area (Å²) in [6.07, 6.45) is -4.66. The Morgan fingerprint density at radius 1 is 1.25 bits per heavy atom. The van der Waals surface area contributed by atoms with E-state index in [1.807, 2.05) is 6.92 Å². The Bertz CT molecular complexity index is 1270. The Morgan fingerprint density at radius 2 is 2.00 bits per heavy atom. The smallest absolute Gasteiger partial charge is 0.459 e. The fourth-order valence-electron chi connectivity index (χ4n) is 3.44. The van der Waals surface area contributed by atoms with E-state index >= 15 is 0 Å². The summed E-state index contributed by atoms with van der Waals surface area (Å²) in [5.41, 5.74) is -1.90. The largest absolute Gasteiger partial charge is 0.490 e. The Hall–Kier alpha value is -3.63. The van der Waals surface area contributed by atoms with E-state index in [9.17, 15) is 32.3 Å². The van der Waals surface area contributed by atoms with Crippen molar-refractivity contribution < 1.29 is 41.4 Å². The second kappa shape index (κ2) is 11.4. The number of aryl methyl sites for hydroxylation is 1. The molecule has 0 N–H and O–H groups in total. The number of unbranched alkanes of at least 4 members (excludes halogenated alkanes) is 1. The van der Waals surface area contributed by atoms with Gasteiger partial charge in [-0.3, -0.25) is 14.2 Å². The van der Waals surface area contributed by atoms with E-state index in [0.717, 1.165) is 11.0 Å². The van der Waals surface area contributed by atoms with Gasteiger partial charge in [0.05, 0.1) is 12.4 Å². The van der Waals surface area contributed by atoms with Crippen LogP contribution in [0.15, 0.2) is 38.6 Å². The van der Waals surface area contributed by atoms with Crippen LogP contribution in [0.25, 0.3) is 0 Å². The van der Waals surface area contributed by atoms with Crippen LogP contribution in [-0.2, 0) is 19.0 Å². The average Bonchev–Trinajstić information content (AvgIpc) is 3.49. The second-order valence-electron chi connectivity index (χ2n) is 7.84. The SMILES string of the molecule is CCCC#CCO[C@H]1C[C@H](n2cc(C)c(=O)n(C(=O)c3ccco3)c2=O)O[C@@H]1COC(=O)C(F)(F)F. The number of nitrogens with zero attached hydrogens (tertiary/aromatic N) is 2. The van der Waals surface area contributed by atoms with Gasteiger partial charge in [-0.05, 0) is 25.5 Å². The minimum Gasteiger partial charge on any atom is -0.459 e. The molecule has 3 rings (SSSR count). The third-order valence-electron chi connectivity index (χ3n) is 5.19. The van der Waals surface area contributed by atoms with Crippen molar-refractivity contribution in [1.29, 1.82) is 0 Å². The lowest BCUT2D eigenvalue weighted by Gasteiger charge is -2.19. The summed E-state index contributed by atoms with van der Waals surface area (Å²) in [7, 11) is 0. The quantitative estimate of drug-likeness (QED) is 0.409. The second-order valence-corrected chi connectivity index (χ2v) is 7.84. The summed E-state index contributed by atoms with van der Waals surface area (Å²) in [6.45, 7) is 2.43. The fourth-order valence-corrected chi connectivity index (χ4v) is 3.44. The van der Waals surface area contributed by atoms with Crippen molar-refractivity contribution in [2.24, 2.45) is 0 Å². The highest BCUT2D eigenvalue weighted by atomic mass is 19.4. The fraction of sp³-hybridized carbons (Fsp3) is 0.478. The van der Waals surface area contributed by atoms with Crippen molar-refractivity contribution in [1.82, 2.24) is 9.13 Å². The van der Waals surface area contributed by atoms with E-state index in [-0.39, 0.29) is 24.4 Å². The number of furan rings is 1. The Morgan fingerprint density at radius 3 is 2.64 bits per heavy atom. The Labute approximate surface area is 202 Å². The average molecular weight is 512 g/mol. The topological polar surface area (TPSA) is 119 Å². The molecule has 194 valence electrons. The lowest BCUT2D eigenvalue weighted by atomic mass is 10.2. The van der Waals surface area contributed by atoms with Gasteiger partial charge in [0.1, 0.15) is 25.5 Å². The molecule has 0 aromatic carbocycles. The van der Waals surface area contributed by atoms with E-state index in [0.29, 0.717) is 11.0 Å². The number of hydrogen-bond donors (Lipinski definition) is 0. The number of carbonyl (C=O) groups is 2. The maximum Gasteiger partial charge on any atom is 0.490 e. The molecule has 0 saturated carbocycles. The number of alkyl halides is 3. The van der Waals surface area contributed by atoms with Crippen LogP contribution in [0, 0.1) is 18.8 Å². The predicted molar refractivity (Wildman–Crippen MR) is 116 cm³/mol. The zero-order valence-corrected chi connectivity index (χ0v) is 19.4. The first-order valence-electron chi connectivity index (χ1n) is 10.9. The van der Waals surface area contributed by atoms with Crippen LogP contribution in [0.4, 0.5) is 13.2 Å². The summed E-state index contributed by atoms with van der Waals surface area (Å²) in [5.74, 6) is 1.97. The molecule has 3 heterocycles. The highest BCUT2D eigenvalue weighted by Gasteiger charge is 2.44.